The van der Waals surface area contributed by atoms with Gasteiger partial charge in [-0.15, -0.1) is 0 Å². The zero-order chi connectivity index (χ0) is 11.0. The highest BCUT2D eigenvalue weighted by atomic mass is 32.1. The minimum atomic E-state index is 0.616. The molecule has 0 bridgehead atoms. The van der Waals surface area contributed by atoms with Crippen LogP contribution < -0.4 is 10.2 Å². The summed E-state index contributed by atoms with van der Waals surface area (Å²) in [7, 11) is 2.02. The van der Waals surface area contributed by atoms with E-state index in [0.717, 1.165) is 24.0 Å². The van der Waals surface area contributed by atoms with Gasteiger partial charge in [-0.05, 0) is 32.7 Å². The zero-order valence-electron chi connectivity index (χ0n) is 9.65. The van der Waals surface area contributed by atoms with Crippen LogP contribution in [0.4, 0.5) is 5.13 Å². The van der Waals surface area contributed by atoms with Gasteiger partial charge in [-0.1, -0.05) is 0 Å². The van der Waals surface area contributed by atoms with Crippen molar-refractivity contribution >= 4 is 16.7 Å². The molecule has 1 atom stereocenters. The van der Waals surface area contributed by atoms with E-state index in [1.807, 2.05) is 7.05 Å². The molecule has 1 saturated carbocycles. The Morgan fingerprint density at radius 3 is 3.06 bits per heavy atom. The first kappa shape index (κ1) is 10.5. The van der Waals surface area contributed by atoms with Crippen LogP contribution >= 0.6 is 11.5 Å². The third-order valence-electron chi connectivity index (χ3n) is 3.44. The summed E-state index contributed by atoms with van der Waals surface area (Å²) in [6, 6.07) is 0.616. The molecule has 1 aromatic rings. The lowest BCUT2D eigenvalue weighted by atomic mass is 10.2. The topological polar surface area (TPSA) is 41.0 Å². The molecule has 1 aliphatic carbocycles. The third-order valence-corrected chi connectivity index (χ3v) is 4.20. The molecule has 5 heteroatoms. The molecule has 0 radical (unpaired) electrons. The van der Waals surface area contributed by atoms with Crippen LogP contribution in [0.1, 0.15) is 37.4 Å². The molecule has 3 rings (SSSR count). The summed E-state index contributed by atoms with van der Waals surface area (Å²) in [5, 5.41) is 4.40. The molecular weight excluding hydrogens is 220 g/mol. The molecule has 2 heterocycles. The van der Waals surface area contributed by atoms with Gasteiger partial charge < -0.3 is 10.2 Å². The Hall–Kier alpha value is -0.680. The van der Waals surface area contributed by atoms with Crippen molar-refractivity contribution in [3.8, 4) is 0 Å². The van der Waals surface area contributed by atoms with Crippen LogP contribution in [0.5, 0.6) is 0 Å². The Morgan fingerprint density at radius 2 is 2.31 bits per heavy atom. The molecule has 1 saturated heterocycles. The molecule has 1 N–H and O–H groups in total. The number of nitrogens with zero attached hydrogens (tertiary/aromatic N) is 3. The van der Waals surface area contributed by atoms with Gasteiger partial charge in [-0.3, -0.25) is 0 Å². The summed E-state index contributed by atoms with van der Waals surface area (Å²) in [4.78, 5) is 7.12. The lowest BCUT2D eigenvalue weighted by Gasteiger charge is -2.23. The van der Waals surface area contributed by atoms with E-state index in [9.17, 15) is 0 Å². The molecule has 16 heavy (non-hydrogen) atoms. The number of anilines is 1. The van der Waals surface area contributed by atoms with Crippen molar-refractivity contribution < 1.29 is 0 Å². The predicted octanol–water partition coefficient (Wildman–Crippen LogP) is 1.60. The van der Waals surface area contributed by atoms with Gasteiger partial charge in [0.1, 0.15) is 5.82 Å². The summed E-state index contributed by atoms with van der Waals surface area (Å²) in [6.07, 6.45) is 5.14. The maximum atomic E-state index is 4.69. The molecule has 2 fully saturated rings. The Morgan fingerprint density at radius 1 is 1.44 bits per heavy atom. The van der Waals surface area contributed by atoms with E-state index < -0.39 is 0 Å². The van der Waals surface area contributed by atoms with Gasteiger partial charge in [0.2, 0.25) is 5.13 Å². The van der Waals surface area contributed by atoms with Crippen molar-refractivity contribution in [2.75, 3.05) is 25.0 Å². The number of hydrogen-bond donors (Lipinski definition) is 1. The summed E-state index contributed by atoms with van der Waals surface area (Å²) in [6.45, 7) is 2.20. The summed E-state index contributed by atoms with van der Waals surface area (Å²) in [5.74, 6) is 1.77. The summed E-state index contributed by atoms with van der Waals surface area (Å²) in [5.41, 5.74) is 0. The largest absolute Gasteiger partial charge is 0.343 e. The van der Waals surface area contributed by atoms with Crippen molar-refractivity contribution in [3.63, 3.8) is 0 Å². The lowest BCUT2D eigenvalue weighted by molar-refractivity contribution is 0.614. The molecule has 1 aromatic heterocycles. The number of hydrogen-bond acceptors (Lipinski definition) is 5. The molecule has 2 aliphatic rings. The normalized spacial score (nSPS) is 25.3. The average Bonchev–Trinajstić information content (AvgIpc) is 2.85. The molecular formula is C11H18N4S. The first-order valence-electron chi connectivity index (χ1n) is 6.13. The van der Waals surface area contributed by atoms with Gasteiger partial charge in [0.25, 0.3) is 0 Å². The van der Waals surface area contributed by atoms with Gasteiger partial charge in [-0.2, -0.15) is 4.37 Å². The number of aromatic nitrogens is 2. The average molecular weight is 238 g/mol. The minimum absolute atomic E-state index is 0.616. The van der Waals surface area contributed by atoms with Crippen molar-refractivity contribution in [1.82, 2.24) is 14.7 Å². The van der Waals surface area contributed by atoms with Gasteiger partial charge in [0, 0.05) is 36.6 Å². The van der Waals surface area contributed by atoms with Crippen LogP contribution in [-0.2, 0) is 0 Å². The van der Waals surface area contributed by atoms with E-state index in [-0.39, 0.29) is 0 Å². The van der Waals surface area contributed by atoms with E-state index in [4.69, 9.17) is 4.98 Å². The van der Waals surface area contributed by atoms with E-state index in [2.05, 4.69) is 14.6 Å². The maximum Gasteiger partial charge on any atom is 0.205 e. The fourth-order valence-corrected chi connectivity index (χ4v) is 3.23. The minimum Gasteiger partial charge on any atom is -0.343 e. The number of likely N-dealkylation sites (N-methyl/N-ethyl adjacent to an activating group) is 1. The fraction of sp³-hybridized carbons (Fsp3) is 0.818. The van der Waals surface area contributed by atoms with E-state index in [1.165, 1.54) is 25.7 Å². The predicted molar refractivity (Wildman–Crippen MR) is 66.2 cm³/mol. The van der Waals surface area contributed by atoms with Gasteiger partial charge in [0.05, 0.1) is 0 Å². The highest BCUT2D eigenvalue weighted by molar-refractivity contribution is 7.09. The van der Waals surface area contributed by atoms with Crippen LogP contribution in [0.2, 0.25) is 0 Å². The van der Waals surface area contributed by atoms with Crippen molar-refractivity contribution in [3.05, 3.63) is 5.82 Å². The summed E-state index contributed by atoms with van der Waals surface area (Å²) < 4.78 is 4.49. The van der Waals surface area contributed by atoms with Crippen molar-refractivity contribution in [1.29, 1.82) is 0 Å². The van der Waals surface area contributed by atoms with Gasteiger partial charge in [-0.25, -0.2) is 4.98 Å². The molecule has 0 spiro atoms. The van der Waals surface area contributed by atoms with Crippen LogP contribution in [0.25, 0.3) is 0 Å². The van der Waals surface area contributed by atoms with Gasteiger partial charge in [0.15, 0.2) is 0 Å². The van der Waals surface area contributed by atoms with Crippen LogP contribution in [-0.4, -0.2) is 35.5 Å². The quantitative estimate of drug-likeness (QED) is 0.865. The van der Waals surface area contributed by atoms with E-state index >= 15 is 0 Å². The molecule has 4 nitrogen and oxygen atoms in total. The monoisotopic (exact) mass is 238 g/mol. The van der Waals surface area contributed by atoms with Crippen LogP contribution in [0, 0.1) is 0 Å². The van der Waals surface area contributed by atoms with Crippen molar-refractivity contribution in [2.45, 2.75) is 37.6 Å². The second-order valence-electron chi connectivity index (χ2n) is 4.76. The number of nitrogens with one attached hydrogen (secondary N) is 1. The molecule has 1 aliphatic heterocycles. The standard InChI is InChI=1S/C11H18N4S/c1-12-7-9-3-2-6-15(9)11-13-10(14-16-11)8-4-5-8/h8-9,12H,2-7H2,1H3. The van der Waals surface area contributed by atoms with Crippen molar-refractivity contribution in [2.24, 2.45) is 0 Å². The Balaban J connectivity index is 1.73. The highest BCUT2D eigenvalue weighted by Crippen LogP contribution is 2.40. The number of rotatable bonds is 4. The highest BCUT2D eigenvalue weighted by Gasteiger charge is 2.31. The Labute approximate surface area is 100 Å². The first-order valence-corrected chi connectivity index (χ1v) is 6.90. The molecule has 0 amide bonds. The maximum absolute atomic E-state index is 4.69. The zero-order valence-corrected chi connectivity index (χ0v) is 10.5. The fourth-order valence-electron chi connectivity index (χ4n) is 2.39. The Kier molecular flexibility index (Phi) is 2.81. The lowest BCUT2D eigenvalue weighted by Crippen LogP contribution is -2.36. The Bertz CT molecular complexity index is 361. The SMILES string of the molecule is CNCC1CCCN1c1nc(C2CC2)ns1. The molecule has 1 unspecified atom stereocenters. The van der Waals surface area contributed by atoms with Gasteiger partial charge >= 0.3 is 0 Å². The smallest absolute Gasteiger partial charge is 0.205 e. The third kappa shape index (κ3) is 1.94. The van der Waals surface area contributed by atoms with E-state index in [1.54, 1.807) is 11.5 Å². The first-order chi connectivity index (χ1) is 7.88. The van der Waals surface area contributed by atoms with Crippen LogP contribution in [0.15, 0.2) is 0 Å². The molecule has 0 aromatic carbocycles. The summed E-state index contributed by atoms with van der Waals surface area (Å²) >= 11 is 1.58. The van der Waals surface area contributed by atoms with E-state index in [0.29, 0.717) is 12.0 Å². The second-order valence-corrected chi connectivity index (χ2v) is 5.49. The second kappa shape index (κ2) is 4.30. The van der Waals surface area contributed by atoms with Crippen LogP contribution in [0.3, 0.4) is 0 Å². The molecule has 88 valence electrons.